The van der Waals surface area contributed by atoms with Crippen LogP contribution in [0.5, 0.6) is 5.75 Å². The summed E-state index contributed by atoms with van der Waals surface area (Å²) in [5.74, 6) is 1.73. The summed E-state index contributed by atoms with van der Waals surface area (Å²) in [6.45, 7) is 0.945. The first-order chi connectivity index (χ1) is 7.19. The van der Waals surface area contributed by atoms with E-state index in [1.54, 1.807) is 7.11 Å². The van der Waals surface area contributed by atoms with Crippen LogP contribution in [0.2, 0.25) is 5.02 Å². The second kappa shape index (κ2) is 6.13. The van der Waals surface area contributed by atoms with E-state index in [4.69, 9.17) is 16.3 Å². The van der Waals surface area contributed by atoms with Gasteiger partial charge in [0.1, 0.15) is 5.75 Å². The van der Waals surface area contributed by atoms with Crippen LogP contribution in [0.4, 0.5) is 5.69 Å². The average Bonchev–Trinajstić information content (AvgIpc) is 2.25. The van der Waals surface area contributed by atoms with Crippen LogP contribution in [-0.2, 0) is 0 Å². The molecule has 0 bridgehead atoms. The fourth-order valence-electron chi connectivity index (χ4n) is 1.39. The Kier molecular flexibility index (Phi) is 5.12. The summed E-state index contributed by atoms with van der Waals surface area (Å²) < 4.78 is 5.28. The molecule has 4 heteroatoms. The minimum atomic E-state index is 0.725. The number of methoxy groups -OCH3 is 1. The quantitative estimate of drug-likeness (QED) is 0.801. The Bertz CT molecular complexity index is 319. The standard InChI is InChI=1S/C11H16ClNOS/c1-13(6-3-7-15)10-8-9(12)4-5-11(10)14-2/h4-5,8,15H,3,6-7H2,1-2H3. The molecule has 0 heterocycles. The average molecular weight is 246 g/mol. The molecule has 0 aliphatic heterocycles. The third-order valence-corrected chi connectivity index (χ3v) is 2.76. The summed E-state index contributed by atoms with van der Waals surface area (Å²) in [5.41, 5.74) is 1.02. The Morgan fingerprint density at radius 1 is 1.47 bits per heavy atom. The molecule has 0 radical (unpaired) electrons. The molecule has 15 heavy (non-hydrogen) atoms. The highest BCUT2D eigenvalue weighted by atomic mass is 35.5. The van der Waals surface area contributed by atoms with Gasteiger partial charge in [0.2, 0.25) is 0 Å². The molecular weight excluding hydrogens is 230 g/mol. The number of ether oxygens (including phenoxy) is 1. The van der Waals surface area contributed by atoms with Gasteiger partial charge in [-0.1, -0.05) is 11.6 Å². The lowest BCUT2D eigenvalue weighted by Gasteiger charge is -2.21. The minimum Gasteiger partial charge on any atom is -0.495 e. The SMILES string of the molecule is COc1ccc(Cl)cc1N(C)CCCS. The molecule has 0 atom stereocenters. The Hall–Kier alpha value is -0.540. The van der Waals surface area contributed by atoms with Crippen LogP contribution in [-0.4, -0.2) is 26.5 Å². The molecule has 0 amide bonds. The lowest BCUT2D eigenvalue weighted by Crippen LogP contribution is -2.19. The third kappa shape index (κ3) is 3.50. The largest absolute Gasteiger partial charge is 0.495 e. The maximum atomic E-state index is 5.95. The normalized spacial score (nSPS) is 10.1. The van der Waals surface area contributed by atoms with Crippen molar-refractivity contribution in [1.29, 1.82) is 0 Å². The van der Waals surface area contributed by atoms with Gasteiger partial charge >= 0.3 is 0 Å². The van der Waals surface area contributed by atoms with Gasteiger partial charge in [-0.15, -0.1) is 0 Å². The predicted octanol–water partition coefficient (Wildman–Crippen LogP) is 3.10. The molecule has 0 spiro atoms. The van der Waals surface area contributed by atoms with Crippen molar-refractivity contribution in [3.8, 4) is 5.75 Å². The van der Waals surface area contributed by atoms with Crippen molar-refractivity contribution < 1.29 is 4.74 Å². The minimum absolute atomic E-state index is 0.725. The summed E-state index contributed by atoms with van der Waals surface area (Å²) in [4.78, 5) is 2.13. The van der Waals surface area contributed by atoms with E-state index < -0.39 is 0 Å². The van der Waals surface area contributed by atoms with Gasteiger partial charge in [-0.25, -0.2) is 0 Å². The highest BCUT2D eigenvalue weighted by Crippen LogP contribution is 2.30. The Morgan fingerprint density at radius 2 is 2.20 bits per heavy atom. The lowest BCUT2D eigenvalue weighted by molar-refractivity contribution is 0.415. The van der Waals surface area contributed by atoms with Crippen LogP contribution in [0.3, 0.4) is 0 Å². The summed E-state index contributed by atoms with van der Waals surface area (Å²) in [6, 6.07) is 5.63. The van der Waals surface area contributed by atoms with Crippen molar-refractivity contribution in [2.24, 2.45) is 0 Å². The maximum Gasteiger partial charge on any atom is 0.142 e. The fourth-order valence-corrected chi connectivity index (χ4v) is 1.70. The van der Waals surface area contributed by atoms with E-state index in [-0.39, 0.29) is 0 Å². The van der Waals surface area contributed by atoms with Crippen molar-refractivity contribution in [2.75, 3.05) is 31.4 Å². The zero-order chi connectivity index (χ0) is 11.3. The van der Waals surface area contributed by atoms with Crippen LogP contribution in [0.1, 0.15) is 6.42 Å². The highest BCUT2D eigenvalue weighted by Gasteiger charge is 2.08. The number of hydrogen-bond acceptors (Lipinski definition) is 3. The Labute approximate surface area is 102 Å². The molecule has 0 aliphatic rings. The molecule has 0 unspecified atom stereocenters. The number of nitrogens with zero attached hydrogens (tertiary/aromatic N) is 1. The van der Waals surface area contributed by atoms with E-state index in [1.165, 1.54) is 0 Å². The van der Waals surface area contributed by atoms with Gasteiger partial charge in [0.25, 0.3) is 0 Å². The van der Waals surface area contributed by atoms with E-state index in [9.17, 15) is 0 Å². The van der Waals surface area contributed by atoms with E-state index >= 15 is 0 Å². The van der Waals surface area contributed by atoms with E-state index in [0.29, 0.717) is 0 Å². The molecule has 1 aromatic carbocycles. The van der Waals surface area contributed by atoms with Gasteiger partial charge in [-0.3, -0.25) is 0 Å². The van der Waals surface area contributed by atoms with Crippen molar-refractivity contribution in [3.05, 3.63) is 23.2 Å². The lowest BCUT2D eigenvalue weighted by atomic mass is 10.2. The number of anilines is 1. The van der Waals surface area contributed by atoms with E-state index in [1.807, 2.05) is 25.2 Å². The van der Waals surface area contributed by atoms with Gasteiger partial charge in [-0.05, 0) is 30.4 Å². The Balaban J connectivity index is 2.85. The summed E-state index contributed by atoms with van der Waals surface area (Å²) in [7, 11) is 3.69. The molecule has 1 rings (SSSR count). The van der Waals surface area contributed by atoms with Gasteiger partial charge in [0.05, 0.1) is 12.8 Å². The summed E-state index contributed by atoms with van der Waals surface area (Å²) in [6.07, 6.45) is 1.04. The van der Waals surface area contributed by atoms with Crippen LogP contribution in [0.15, 0.2) is 18.2 Å². The van der Waals surface area contributed by atoms with Gasteiger partial charge in [0.15, 0.2) is 0 Å². The maximum absolute atomic E-state index is 5.95. The zero-order valence-corrected chi connectivity index (χ0v) is 10.7. The molecule has 2 nitrogen and oxygen atoms in total. The van der Waals surface area contributed by atoms with E-state index in [2.05, 4.69) is 17.5 Å². The first-order valence-electron chi connectivity index (χ1n) is 4.84. The van der Waals surface area contributed by atoms with Crippen LogP contribution in [0, 0.1) is 0 Å². The van der Waals surface area contributed by atoms with Crippen molar-refractivity contribution in [1.82, 2.24) is 0 Å². The molecule has 0 fully saturated rings. The monoisotopic (exact) mass is 245 g/mol. The molecule has 0 N–H and O–H groups in total. The second-order valence-corrected chi connectivity index (χ2v) is 4.20. The second-order valence-electron chi connectivity index (χ2n) is 3.31. The number of thiol groups is 1. The van der Waals surface area contributed by atoms with Crippen molar-refractivity contribution in [3.63, 3.8) is 0 Å². The highest BCUT2D eigenvalue weighted by molar-refractivity contribution is 7.80. The number of benzene rings is 1. The van der Waals surface area contributed by atoms with Gasteiger partial charge < -0.3 is 9.64 Å². The zero-order valence-electron chi connectivity index (χ0n) is 9.03. The first-order valence-corrected chi connectivity index (χ1v) is 5.85. The first kappa shape index (κ1) is 12.5. The molecule has 0 saturated carbocycles. The molecule has 0 aliphatic carbocycles. The van der Waals surface area contributed by atoms with Gasteiger partial charge in [0, 0.05) is 18.6 Å². The molecule has 1 aromatic rings. The van der Waals surface area contributed by atoms with Crippen LogP contribution < -0.4 is 9.64 Å². The Morgan fingerprint density at radius 3 is 2.80 bits per heavy atom. The topological polar surface area (TPSA) is 12.5 Å². The van der Waals surface area contributed by atoms with Crippen LogP contribution in [0.25, 0.3) is 0 Å². The van der Waals surface area contributed by atoms with Crippen molar-refractivity contribution >= 4 is 29.9 Å². The van der Waals surface area contributed by atoms with Crippen LogP contribution >= 0.6 is 24.2 Å². The summed E-state index contributed by atoms with van der Waals surface area (Å²) in [5, 5.41) is 0.725. The smallest absolute Gasteiger partial charge is 0.142 e. The molecular formula is C11H16ClNOS. The number of hydrogen-bond donors (Lipinski definition) is 1. The number of halogens is 1. The van der Waals surface area contributed by atoms with E-state index in [0.717, 1.165) is 35.2 Å². The molecule has 0 saturated heterocycles. The molecule has 84 valence electrons. The fraction of sp³-hybridized carbons (Fsp3) is 0.455. The van der Waals surface area contributed by atoms with Crippen molar-refractivity contribution in [2.45, 2.75) is 6.42 Å². The number of rotatable bonds is 5. The summed E-state index contributed by atoms with van der Waals surface area (Å²) >= 11 is 10.1. The third-order valence-electron chi connectivity index (χ3n) is 2.20. The van der Waals surface area contributed by atoms with Gasteiger partial charge in [-0.2, -0.15) is 12.6 Å². The predicted molar refractivity (Wildman–Crippen MR) is 69.7 cm³/mol. The molecule has 0 aromatic heterocycles.